The molecule has 0 radical (unpaired) electrons. The summed E-state index contributed by atoms with van der Waals surface area (Å²) in [7, 11) is 0. The Labute approximate surface area is 57.1 Å². The van der Waals surface area contributed by atoms with Gasteiger partial charge in [-0.3, -0.25) is 4.79 Å². The lowest BCUT2D eigenvalue weighted by atomic mass is 10.1. The van der Waals surface area contributed by atoms with Crippen molar-refractivity contribution in [2.24, 2.45) is 5.92 Å². The van der Waals surface area contributed by atoms with Crippen LogP contribution in [0.5, 0.6) is 0 Å². The molecule has 0 bridgehead atoms. The minimum absolute atomic E-state index is 0.0671. The Morgan fingerprint density at radius 2 is 2.60 bits per heavy atom. The second-order valence-electron chi connectivity index (χ2n) is 1.55. The first-order chi connectivity index (χ1) is 4.72. The van der Waals surface area contributed by atoms with E-state index in [1.54, 1.807) is 0 Å². The molecule has 0 aromatic rings. The first-order valence-corrected chi connectivity index (χ1v) is 2.50. The maximum absolute atomic E-state index is 10.1. The van der Waals surface area contributed by atoms with E-state index in [1.165, 1.54) is 6.07 Å². The summed E-state index contributed by atoms with van der Waals surface area (Å²) in [5.41, 5.74) is 7.86. The topological polar surface area (TPSA) is 97.5 Å². The lowest BCUT2D eigenvalue weighted by Gasteiger charge is -1.91. The number of hydrogen-bond donors (Lipinski definition) is 1. The fraction of sp³-hybridized carbons (Fsp3) is 0.400. The maximum Gasteiger partial charge on any atom is 0.321 e. The fourth-order valence-electron chi connectivity index (χ4n) is 0.361. The average molecular weight is 139 g/mol. The lowest BCUT2D eigenvalue weighted by Crippen LogP contribution is -2.11. The number of rotatable bonds is 3. The van der Waals surface area contributed by atoms with Crippen LogP contribution in [0.4, 0.5) is 0 Å². The molecule has 5 nitrogen and oxygen atoms in total. The number of carboxylic acid groups (broad SMARTS) is 1. The van der Waals surface area contributed by atoms with Gasteiger partial charge in [0.1, 0.15) is 0 Å². The van der Waals surface area contributed by atoms with Gasteiger partial charge in [-0.25, -0.2) is 0 Å². The van der Waals surface area contributed by atoms with Crippen molar-refractivity contribution in [3.63, 3.8) is 0 Å². The van der Waals surface area contributed by atoms with E-state index in [-0.39, 0.29) is 6.42 Å². The summed E-state index contributed by atoms with van der Waals surface area (Å²) >= 11 is 0. The molecule has 0 aliphatic heterocycles. The van der Waals surface area contributed by atoms with Gasteiger partial charge in [0, 0.05) is 0 Å². The van der Waals surface area contributed by atoms with Gasteiger partial charge in [0.05, 0.1) is 12.5 Å². The van der Waals surface area contributed by atoms with Crippen molar-refractivity contribution in [3.05, 3.63) is 5.53 Å². The van der Waals surface area contributed by atoms with Crippen molar-refractivity contribution in [2.75, 3.05) is 0 Å². The van der Waals surface area contributed by atoms with Crippen LogP contribution in [0.1, 0.15) is 6.42 Å². The van der Waals surface area contributed by atoms with Crippen LogP contribution in [0.3, 0.4) is 0 Å². The minimum atomic E-state index is -1.21. The van der Waals surface area contributed by atoms with Crippen LogP contribution in [-0.2, 0) is 4.79 Å². The van der Waals surface area contributed by atoms with Crippen LogP contribution in [-0.4, -0.2) is 22.1 Å². The van der Waals surface area contributed by atoms with Gasteiger partial charge < -0.3 is 10.6 Å². The Morgan fingerprint density at radius 1 is 2.00 bits per heavy atom. The van der Waals surface area contributed by atoms with Crippen LogP contribution in [0, 0.1) is 17.2 Å². The summed E-state index contributed by atoms with van der Waals surface area (Å²) < 4.78 is 0. The third kappa shape index (κ3) is 2.60. The first-order valence-electron chi connectivity index (χ1n) is 2.50. The predicted molar refractivity (Wildman–Crippen MR) is 31.0 cm³/mol. The van der Waals surface area contributed by atoms with E-state index >= 15 is 0 Å². The van der Waals surface area contributed by atoms with Crippen molar-refractivity contribution in [1.82, 2.24) is 0 Å². The zero-order valence-electron chi connectivity index (χ0n) is 5.06. The number of aliphatic carboxylic acids is 1. The van der Waals surface area contributed by atoms with Crippen molar-refractivity contribution in [2.45, 2.75) is 6.42 Å². The zero-order chi connectivity index (χ0) is 7.98. The molecule has 0 rings (SSSR count). The van der Waals surface area contributed by atoms with Crippen LogP contribution >= 0.6 is 0 Å². The van der Waals surface area contributed by atoms with Gasteiger partial charge in [0.15, 0.2) is 5.92 Å². The molecule has 0 heterocycles. The van der Waals surface area contributed by atoms with Gasteiger partial charge in [-0.1, -0.05) is 0 Å². The molecule has 0 saturated carbocycles. The predicted octanol–water partition coefficient (Wildman–Crippen LogP) is -0.0985. The molecule has 0 aromatic carbocycles. The largest absolute Gasteiger partial charge is 0.480 e. The maximum atomic E-state index is 10.1. The Hall–Kier alpha value is -1.66. The highest BCUT2D eigenvalue weighted by molar-refractivity contribution is 5.76. The molecular weight excluding hydrogens is 134 g/mol. The van der Waals surface area contributed by atoms with E-state index in [0.29, 0.717) is 0 Å². The van der Waals surface area contributed by atoms with Crippen LogP contribution < -0.4 is 0 Å². The number of carboxylic acids is 1. The second-order valence-corrected chi connectivity index (χ2v) is 1.55. The molecule has 52 valence electrons. The van der Waals surface area contributed by atoms with Gasteiger partial charge in [-0.15, -0.1) is 0 Å². The number of carbonyl (C=O) groups is 1. The summed E-state index contributed by atoms with van der Waals surface area (Å²) in [6.45, 7) is 0. The van der Waals surface area contributed by atoms with E-state index in [0.717, 1.165) is 6.21 Å². The van der Waals surface area contributed by atoms with Gasteiger partial charge in [0.25, 0.3) is 6.21 Å². The molecule has 0 aliphatic rings. The summed E-state index contributed by atoms with van der Waals surface area (Å²) in [5, 5.41) is 16.4. The average Bonchev–Trinajstić information content (AvgIpc) is 1.89. The van der Waals surface area contributed by atoms with Gasteiger partial charge in [-0.05, 0) is 0 Å². The monoisotopic (exact) mass is 139 g/mol. The number of hydrogen-bond acceptors (Lipinski definition) is 2. The highest BCUT2D eigenvalue weighted by atomic mass is 16.4. The third-order valence-electron chi connectivity index (χ3n) is 0.877. The Bertz CT molecular complexity index is 211. The molecule has 0 aliphatic carbocycles. The standard InChI is InChI=1S/C5H5N3O2/c6-3-4(5(9)10)1-2-8-7/h2,4H,1H2,(H,9,10). The Balaban J connectivity index is 3.99. The van der Waals surface area contributed by atoms with Crippen molar-refractivity contribution in [1.29, 1.82) is 5.26 Å². The lowest BCUT2D eigenvalue weighted by molar-refractivity contribution is -0.139. The van der Waals surface area contributed by atoms with Crippen LogP contribution in [0.25, 0.3) is 5.53 Å². The highest BCUT2D eigenvalue weighted by Crippen LogP contribution is 1.96. The van der Waals surface area contributed by atoms with Crippen molar-refractivity contribution >= 4 is 12.2 Å². The molecule has 10 heavy (non-hydrogen) atoms. The van der Waals surface area contributed by atoms with Crippen LogP contribution in [0.15, 0.2) is 0 Å². The molecular formula is C5H5N3O2. The van der Waals surface area contributed by atoms with E-state index in [9.17, 15) is 4.79 Å². The number of nitrogens with zero attached hydrogens (tertiary/aromatic N) is 3. The second kappa shape index (κ2) is 4.24. The SMILES string of the molecule is N#CC(CC=[N+]=[N-])C(=O)O. The molecule has 1 atom stereocenters. The van der Waals surface area contributed by atoms with E-state index < -0.39 is 11.9 Å². The zero-order valence-corrected chi connectivity index (χ0v) is 5.06. The Morgan fingerprint density at radius 3 is 2.90 bits per heavy atom. The molecule has 1 unspecified atom stereocenters. The molecule has 5 heteroatoms. The van der Waals surface area contributed by atoms with Gasteiger partial charge in [-0.2, -0.15) is 10.1 Å². The van der Waals surface area contributed by atoms with Crippen molar-refractivity contribution < 1.29 is 14.7 Å². The van der Waals surface area contributed by atoms with E-state index in [1.807, 2.05) is 0 Å². The summed E-state index contributed by atoms with van der Waals surface area (Å²) in [4.78, 5) is 12.6. The molecule has 0 fully saturated rings. The first kappa shape index (κ1) is 8.34. The normalized spacial score (nSPS) is 10.7. The summed E-state index contributed by atoms with van der Waals surface area (Å²) in [6.07, 6.45) is 0.907. The summed E-state index contributed by atoms with van der Waals surface area (Å²) in [5.74, 6) is -2.32. The summed E-state index contributed by atoms with van der Waals surface area (Å²) in [6, 6.07) is 1.53. The molecule has 0 saturated heterocycles. The fourth-order valence-corrected chi connectivity index (χ4v) is 0.361. The third-order valence-corrected chi connectivity index (χ3v) is 0.877. The molecule has 0 spiro atoms. The van der Waals surface area contributed by atoms with E-state index in [4.69, 9.17) is 15.9 Å². The highest BCUT2D eigenvalue weighted by Gasteiger charge is 2.16. The van der Waals surface area contributed by atoms with E-state index in [2.05, 4.69) is 4.79 Å². The molecule has 0 aromatic heterocycles. The quantitative estimate of drug-likeness (QED) is 0.336. The molecule has 0 amide bonds. The Kier molecular flexibility index (Phi) is 3.54. The number of nitriles is 1. The van der Waals surface area contributed by atoms with Gasteiger partial charge >= 0.3 is 5.97 Å². The van der Waals surface area contributed by atoms with Crippen molar-refractivity contribution in [3.8, 4) is 6.07 Å². The van der Waals surface area contributed by atoms with Crippen LogP contribution in [0.2, 0.25) is 0 Å². The smallest absolute Gasteiger partial charge is 0.321 e. The minimum Gasteiger partial charge on any atom is -0.480 e. The van der Waals surface area contributed by atoms with Gasteiger partial charge in [0.2, 0.25) is 0 Å². The molecule has 1 N–H and O–H groups in total.